The first-order chi connectivity index (χ1) is 9.28. The van der Waals surface area contributed by atoms with Gasteiger partial charge in [-0.3, -0.25) is 0 Å². The largest absolute Gasteiger partial charge is 0.383 e. The Balaban J connectivity index is 2.81. The SMILES string of the molecule is COCC(N)CN(C)c1ccc(S(=O)(=O)N(C)C)cc1. The number of nitrogens with two attached hydrogens (primary N) is 1. The monoisotopic (exact) mass is 301 g/mol. The highest BCUT2D eigenvalue weighted by atomic mass is 32.2. The molecule has 20 heavy (non-hydrogen) atoms. The first kappa shape index (κ1) is 16.9. The Bertz CT molecular complexity index is 514. The van der Waals surface area contributed by atoms with Crippen molar-refractivity contribution in [1.82, 2.24) is 4.31 Å². The minimum Gasteiger partial charge on any atom is -0.383 e. The Labute approximate surface area is 121 Å². The number of sulfonamides is 1. The molecule has 0 aliphatic rings. The second-order valence-corrected chi connectivity index (χ2v) is 7.03. The van der Waals surface area contributed by atoms with E-state index in [0.29, 0.717) is 13.2 Å². The lowest BCUT2D eigenvalue weighted by atomic mass is 10.2. The third-order valence-electron chi connectivity index (χ3n) is 2.95. The number of ether oxygens (including phenoxy) is 1. The fourth-order valence-electron chi connectivity index (χ4n) is 1.81. The van der Waals surface area contributed by atoms with Crippen molar-refractivity contribution in [3.63, 3.8) is 0 Å². The molecule has 114 valence electrons. The highest BCUT2D eigenvalue weighted by Gasteiger charge is 2.17. The van der Waals surface area contributed by atoms with Crippen LogP contribution in [0.4, 0.5) is 5.69 Å². The average Bonchev–Trinajstić information content (AvgIpc) is 2.38. The Kier molecular flexibility index (Phi) is 5.94. The van der Waals surface area contributed by atoms with Gasteiger partial charge in [0.15, 0.2) is 0 Å². The van der Waals surface area contributed by atoms with Gasteiger partial charge in [0.05, 0.1) is 11.5 Å². The Morgan fingerprint density at radius 1 is 1.20 bits per heavy atom. The summed E-state index contributed by atoms with van der Waals surface area (Å²) >= 11 is 0. The molecular weight excluding hydrogens is 278 g/mol. The predicted molar refractivity (Wildman–Crippen MR) is 80.4 cm³/mol. The second kappa shape index (κ2) is 7.03. The zero-order valence-electron chi connectivity index (χ0n) is 12.4. The van der Waals surface area contributed by atoms with Crippen molar-refractivity contribution in [2.75, 3.05) is 46.3 Å². The van der Waals surface area contributed by atoms with E-state index in [-0.39, 0.29) is 10.9 Å². The van der Waals surface area contributed by atoms with Crippen molar-refractivity contribution >= 4 is 15.7 Å². The van der Waals surface area contributed by atoms with Gasteiger partial charge < -0.3 is 15.4 Å². The molecule has 6 nitrogen and oxygen atoms in total. The van der Waals surface area contributed by atoms with E-state index in [1.807, 2.05) is 11.9 Å². The van der Waals surface area contributed by atoms with Gasteiger partial charge in [0.1, 0.15) is 0 Å². The highest BCUT2D eigenvalue weighted by molar-refractivity contribution is 7.89. The molecule has 0 saturated carbocycles. The van der Waals surface area contributed by atoms with Gasteiger partial charge in [0.2, 0.25) is 10.0 Å². The molecule has 1 unspecified atom stereocenters. The average molecular weight is 301 g/mol. The van der Waals surface area contributed by atoms with Crippen molar-refractivity contribution in [1.29, 1.82) is 0 Å². The Morgan fingerprint density at radius 3 is 2.20 bits per heavy atom. The fourth-order valence-corrected chi connectivity index (χ4v) is 2.71. The molecule has 0 saturated heterocycles. The van der Waals surface area contributed by atoms with Crippen LogP contribution >= 0.6 is 0 Å². The van der Waals surface area contributed by atoms with Crippen molar-refractivity contribution in [2.24, 2.45) is 5.73 Å². The van der Waals surface area contributed by atoms with Crippen LogP contribution in [0, 0.1) is 0 Å². The van der Waals surface area contributed by atoms with Gasteiger partial charge in [0, 0.05) is 46.5 Å². The molecule has 0 radical (unpaired) electrons. The smallest absolute Gasteiger partial charge is 0.242 e. The number of rotatable bonds is 7. The van der Waals surface area contributed by atoms with E-state index in [1.54, 1.807) is 31.4 Å². The summed E-state index contributed by atoms with van der Waals surface area (Å²) in [6, 6.07) is 6.66. The maximum Gasteiger partial charge on any atom is 0.242 e. The number of hydrogen-bond acceptors (Lipinski definition) is 5. The third kappa shape index (κ3) is 4.17. The van der Waals surface area contributed by atoms with Gasteiger partial charge in [-0.05, 0) is 24.3 Å². The van der Waals surface area contributed by atoms with Crippen LogP contribution in [0.25, 0.3) is 0 Å². The summed E-state index contributed by atoms with van der Waals surface area (Å²) in [5.41, 5.74) is 6.80. The molecule has 0 heterocycles. The molecule has 0 fully saturated rings. The van der Waals surface area contributed by atoms with E-state index < -0.39 is 10.0 Å². The zero-order chi connectivity index (χ0) is 15.3. The fraction of sp³-hybridized carbons (Fsp3) is 0.538. The molecule has 0 bridgehead atoms. The number of likely N-dealkylation sites (N-methyl/N-ethyl adjacent to an activating group) is 1. The number of benzene rings is 1. The maximum absolute atomic E-state index is 12.0. The minimum absolute atomic E-state index is 0.0878. The molecule has 0 aliphatic carbocycles. The van der Waals surface area contributed by atoms with Crippen LogP contribution in [0.5, 0.6) is 0 Å². The maximum atomic E-state index is 12.0. The third-order valence-corrected chi connectivity index (χ3v) is 4.77. The quantitative estimate of drug-likeness (QED) is 0.786. The van der Waals surface area contributed by atoms with E-state index in [1.165, 1.54) is 18.4 Å². The summed E-state index contributed by atoms with van der Waals surface area (Å²) < 4.78 is 30.1. The molecule has 7 heteroatoms. The van der Waals surface area contributed by atoms with Crippen LogP contribution < -0.4 is 10.6 Å². The lowest BCUT2D eigenvalue weighted by Gasteiger charge is -2.23. The summed E-state index contributed by atoms with van der Waals surface area (Å²) in [6.45, 7) is 1.12. The molecule has 1 aromatic carbocycles. The van der Waals surface area contributed by atoms with Crippen molar-refractivity contribution in [3.8, 4) is 0 Å². The number of methoxy groups -OCH3 is 1. The summed E-state index contributed by atoms with van der Waals surface area (Å²) in [5.74, 6) is 0. The standard InChI is InChI=1S/C13H23N3O3S/c1-15(2)20(17,18)13-7-5-12(6-8-13)16(3)9-11(14)10-19-4/h5-8,11H,9-10,14H2,1-4H3. The molecule has 0 amide bonds. The summed E-state index contributed by atoms with van der Waals surface area (Å²) in [7, 11) is 3.16. The van der Waals surface area contributed by atoms with E-state index in [9.17, 15) is 8.42 Å². The topological polar surface area (TPSA) is 75.9 Å². The first-order valence-electron chi connectivity index (χ1n) is 6.27. The van der Waals surface area contributed by atoms with Crippen molar-refractivity contribution in [3.05, 3.63) is 24.3 Å². The number of nitrogens with zero attached hydrogens (tertiary/aromatic N) is 2. The van der Waals surface area contributed by atoms with Crippen molar-refractivity contribution in [2.45, 2.75) is 10.9 Å². The summed E-state index contributed by atoms with van der Waals surface area (Å²) in [6.07, 6.45) is 0. The van der Waals surface area contributed by atoms with Crippen LogP contribution in [0.2, 0.25) is 0 Å². The molecule has 1 atom stereocenters. The van der Waals surface area contributed by atoms with E-state index >= 15 is 0 Å². The van der Waals surface area contributed by atoms with Crippen molar-refractivity contribution < 1.29 is 13.2 Å². The molecule has 0 spiro atoms. The highest BCUT2D eigenvalue weighted by Crippen LogP contribution is 2.18. The van der Waals surface area contributed by atoms with E-state index in [0.717, 1.165) is 5.69 Å². The van der Waals surface area contributed by atoms with Gasteiger partial charge in [-0.2, -0.15) is 0 Å². The van der Waals surface area contributed by atoms with Gasteiger partial charge >= 0.3 is 0 Å². The Hall–Kier alpha value is -1.15. The Morgan fingerprint density at radius 2 is 1.75 bits per heavy atom. The zero-order valence-corrected chi connectivity index (χ0v) is 13.2. The summed E-state index contributed by atoms with van der Waals surface area (Å²) in [5, 5.41) is 0. The van der Waals surface area contributed by atoms with E-state index in [2.05, 4.69) is 0 Å². The second-order valence-electron chi connectivity index (χ2n) is 4.88. The van der Waals surface area contributed by atoms with Crippen LogP contribution in [-0.2, 0) is 14.8 Å². The van der Waals surface area contributed by atoms with Crippen LogP contribution in [0.15, 0.2) is 29.2 Å². The summed E-state index contributed by atoms with van der Waals surface area (Å²) in [4.78, 5) is 2.25. The van der Waals surface area contributed by atoms with Gasteiger partial charge in [-0.15, -0.1) is 0 Å². The molecule has 0 aliphatic heterocycles. The van der Waals surface area contributed by atoms with Crippen LogP contribution in [-0.4, -0.2) is 60.2 Å². The molecule has 1 rings (SSSR count). The first-order valence-corrected chi connectivity index (χ1v) is 7.71. The van der Waals surface area contributed by atoms with Gasteiger partial charge in [-0.25, -0.2) is 12.7 Å². The number of hydrogen-bond donors (Lipinski definition) is 1. The number of anilines is 1. The normalized spacial score (nSPS) is 13.5. The molecule has 1 aromatic rings. The van der Waals surface area contributed by atoms with Gasteiger partial charge in [-0.1, -0.05) is 0 Å². The van der Waals surface area contributed by atoms with Crippen LogP contribution in [0.3, 0.4) is 0 Å². The predicted octanol–water partition coefficient (Wildman–Crippen LogP) is 0.347. The lowest BCUT2D eigenvalue weighted by molar-refractivity contribution is 0.181. The minimum atomic E-state index is -3.38. The van der Waals surface area contributed by atoms with Gasteiger partial charge in [0.25, 0.3) is 0 Å². The van der Waals surface area contributed by atoms with Crippen LogP contribution in [0.1, 0.15) is 0 Å². The molecule has 2 N–H and O–H groups in total. The molecular formula is C13H23N3O3S. The molecule has 0 aromatic heterocycles. The van der Waals surface area contributed by atoms with E-state index in [4.69, 9.17) is 10.5 Å². The lowest BCUT2D eigenvalue weighted by Crippen LogP contribution is -2.38.